The van der Waals surface area contributed by atoms with Crippen LogP contribution in [-0.2, 0) is 0 Å². The first kappa shape index (κ1) is 17.9. The topological polar surface area (TPSA) is 48.0 Å². The molecule has 0 saturated carbocycles. The van der Waals surface area contributed by atoms with Crippen LogP contribution in [0.2, 0.25) is 0 Å². The van der Waals surface area contributed by atoms with Gasteiger partial charge in [-0.3, -0.25) is 0 Å². The third-order valence-corrected chi connectivity index (χ3v) is 4.14. The molecule has 2 aromatic carbocycles. The lowest BCUT2D eigenvalue weighted by atomic mass is 10.2. The molecule has 0 saturated heterocycles. The summed E-state index contributed by atoms with van der Waals surface area (Å²) in [5, 5.41) is 9.65. The maximum atomic E-state index is 9.65. The normalized spacial score (nSPS) is 11.8. The molecule has 0 spiro atoms. The summed E-state index contributed by atoms with van der Waals surface area (Å²) in [4.78, 5) is 9.99. The number of anilines is 2. The molecule has 24 heavy (non-hydrogen) atoms. The molecule has 2 N–H and O–H groups in total. The highest BCUT2D eigenvalue weighted by Gasteiger charge is 2.14. The van der Waals surface area contributed by atoms with Gasteiger partial charge in [-0.25, -0.2) is 0 Å². The largest absolute Gasteiger partial charge is 0.508 e. The first-order valence-electron chi connectivity index (χ1n) is 8.30. The molecule has 0 aromatic heterocycles. The smallest absolute Gasteiger partial charge is 0.149 e. The molecule has 0 heterocycles. The van der Waals surface area contributed by atoms with Gasteiger partial charge >= 0.3 is 0 Å². The van der Waals surface area contributed by atoms with Crippen molar-refractivity contribution in [3.63, 3.8) is 0 Å². The van der Waals surface area contributed by atoms with Crippen LogP contribution >= 0.6 is 0 Å². The summed E-state index contributed by atoms with van der Waals surface area (Å²) in [6.07, 6.45) is 0.833. The van der Waals surface area contributed by atoms with Gasteiger partial charge in [0.25, 0.3) is 0 Å². The first-order chi connectivity index (χ1) is 11.5. The number of nitrogens with zero attached hydrogens (tertiary/aromatic N) is 2. The fourth-order valence-corrected chi connectivity index (χ4v) is 2.43. The molecule has 0 aliphatic heterocycles. The molecular weight excluding hydrogens is 302 g/mol. The fraction of sp³-hybridized carbons (Fsp3) is 0.368. The van der Waals surface area contributed by atoms with E-state index in [0.717, 1.165) is 30.1 Å². The monoisotopic (exact) mass is 329 g/mol. The van der Waals surface area contributed by atoms with Crippen molar-refractivity contribution in [1.82, 2.24) is 5.48 Å². The molecule has 5 heteroatoms. The SMILES string of the molecule is CCC(NOc1cccc(N(C)CC)c1)N(C)c1cccc(O)c1. The number of phenolic OH excluding ortho intramolecular Hbond substituents is 1. The number of phenols is 1. The van der Waals surface area contributed by atoms with Gasteiger partial charge in [0.15, 0.2) is 0 Å². The van der Waals surface area contributed by atoms with Crippen LogP contribution < -0.4 is 20.1 Å². The van der Waals surface area contributed by atoms with Gasteiger partial charge in [0.05, 0.1) is 0 Å². The van der Waals surface area contributed by atoms with E-state index in [1.807, 2.05) is 42.3 Å². The van der Waals surface area contributed by atoms with Crippen LogP contribution in [0.3, 0.4) is 0 Å². The Balaban J connectivity index is 2.03. The van der Waals surface area contributed by atoms with E-state index in [4.69, 9.17) is 4.84 Å². The van der Waals surface area contributed by atoms with Gasteiger partial charge in [0, 0.05) is 44.1 Å². The Labute approximate surface area is 144 Å². The lowest BCUT2D eigenvalue weighted by Crippen LogP contribution is -2.44. The molecule has 0 fully saturated rings. The second kappa shape index (κ2) is 8.45. The van der Waals surface area contributed by atoms with Crippen molar-refractivity contribution >= 4 is 11.4 Å². The highest BCUT2D eigenvalue weighted by molar-refractivity contribution is 5.51. The lowest BCUT2D eigenvalue weighted by molar-refractivity contribution is 0.151. The van der Waals surface area contributed by atoms with Crippen molar-refractivity contribution in [2.75, 3.05) is 30.4 Å². The van der Waals surface area contributed by atoms with E-state index in [2.05, 4.69) is 37.3 Å². The van der Waals surface area contributed by atoms with Crippen molar-refractivity contribution in [2.45, 2.75) is 26.4 Å². The minimum Gasteiger partial charge on any atom is -0.508 e. The highest BCUT2D eigenvalue weighted by Crippen LogP contribution is 2.22. The number of hydroxylamine groups is 1. The van der Waals surface area contributed by atoms with Crippen molar-refractivity contribution in [3.05, 3.63) is 48.5 Å². The predicted molar refractivity (Wildman–Crippen MR) is 99.7 cm³/mol. The molecule has 130 valence electrons. The molecular formula is C19H27N3O2. The minimum atomic E-state index is -0.0145. The van der Waals surface area contributed by atoms with Crippen LogP contribution in [0.25, 0.3) is 0 Å². The number of benzene rings is 2. The second-order valence-corrected chi connectivity index (χ2v) is 5.79. The van der Waals surface area contributed by atoms with Gasteiger partial charge in [-0.15, -0.1) is 5.48 Å². The van der Waals surface area contributed by atoms with E-state index in [-0.39, 0.29) is 11.9 Å². The van der Waals surface area contributed by atoms with Crippen LogP contribution in [0.15, 0.2) is 48.5 Å². The minimum absolute atomic E-state index is 0.0145. The zero-order valence-corrected chi connectivity index (χ0v) is 14.9. The predicted octanol–water partition coefficient (Wildman–Crippen LogP) is 3.60. The maximum Gasteiger partial charge on any atom is 0.149 e. The molecule has 2 rings (SSSR count). The zero-order chi connectivity index (χ0) is 17.5. The number of hydrogen-bond donors (Lipinski definition) is 2. The Hall–Kier alpha value is -2.40. The lowest BCUT2D eigenvalue weighted by Gasteiger charge is -2.29. The molecule has 0 amide bonds. The van der Waals surface area contributed by atoms with Gasteiger partial charge in [-0.2, -0.15) is 0 Å². The molecule has 0 aliphatic carbocycles. The van der Waals surface area contributed by atoms with Gasteiger partial charge in [-0.05, 0) is 37.6 Å². The molecule has 1 atom stereocenters. The molecule has 0 radical (unpaired) electrons. The molecule has 1 unspecified atom stereocenters. The quantitative estimate of drug-likeness (QED) is 0.572. The molecule has 5 nitrogen and oxygen atoms in total. The van der Waals surface area contributed by atoms with Crippen LogP contribution in [0, 0.1) is 0 Å². The van der Waals surface area contributed by atoms with E-state index < -0.39 is 0 Å². The maximum absolute atomic E-state index is 9.65. The Morgan fingerprint density at radius 2 is 1.75 bits per heavy atom. The zero-order valence-electron chi connectivity index (χ0n) is 14.9. The fourth-order valence-electron chi connectivity index (χ4n) is 2.43. The number of aromatic hydroxyl groups is 1. The third-order valence-electron chi connectivity index (χ3n) is 4.14. The van der Waals surface area contributed by atoms with Crippen molar-refractivity contribution in [2.24, 2.45) is 0 Å². The number of hydrogen-bond acceptors (Lipinski definition) is 5. The van der Waals surface area contributed by atoms with E-state index in [1.54, 1.807) is 12.1 Å². The number of rotatable bonds is 8. The molecule has 2 aromatic rings. The van der Waals surface area contributed by atoms with Crippen molar-refractivity contribution < 1.29 is 9.94 Å². The average molecular weight is 329 g/mol. The van der Waals surface area contributed by atoms with Gasteiger partial charge < -0.3 is 19.7 Å². The Morgan fingerprint density at radius 1 is 1.04 bits per heavy atom. The summed E-state index contributed by atoms with van der Waals surface area (Å²) in [5.74, 6) is 1.03. The molecule has 0 bridgehead atoms. The standard InChI is InChI=1S/C19H27N3O2/c1-5-19(22(4)16-10-7-11-17(23)13-16)20-24-18-12-8-9-15(14-18)21(3)6-2/h7-14,19-20,23H,5-6H2,1-4H3. The summed E-state index contributed by atoms with van der Waals surface area (Å²) in [6, 6.07) is 15.2. The van der Waals surface area contributed by atoms with Gasteiger partial charge in [0.1, 0.15) is 17.7 Å². The Kier molecular flexibility index (Phi) is 6.32. The second-order valence-electron chi connectivity index (χ2n) is 5.79. The van der Waals surface area contributed by atoms with Crippen molar-refractivity contribution in [3.8, 4) is 11.5 Å². The van der Waals surface area contributed by atoms with Crippen LogP contribution in [0.4, 0.5) is 11.4 Å². The highest BCUT2D eigenvalue weighted by atomic mass is 16.6. The summed E-state index contributed by atoms with van der Waals surface area (Å²) in [5.41, 5.74) is 5.16. The number of nitrogens with one attached hydrogen (secondary N) is 1. The van der Waals surface area contributed by atoms with Crippen LogP contribution in [-0.4, -0.2) is 31.9 Å². The first-order valence-corrected chi connectivity index (χ1v) is 8.30. The third kappa shape index (κ3) is 4.55. The average Bonchev–Trinajstić information content (AvgIpc) is 2.61. The van der Waals surface area contributed by atoms with E-state index in [9.17, 15) is 5.11 Å². The van der Waals surface area contributed by atoms with E-state index in [1.165, 1.54) is 0 Å². The van der Waals surface area contributed by atoms with Crippen molar-refractivity contribution in [1.29, 1.82) is 0 Å². The summed E-state index contributed by atoms with van der Waals surface area (Å²) < 4.78 is 0. The Bertz CT molecular complexity index is 648. The van der Waals surface area contributed by atoms with Crippen LogP contribution in [0.5, 0.6) is 11.5 Å². The van der Waals surface area contributed by atoms with E-state index in [0.29, 0.717) is 0 Å². The van der Waals surface area contributed by atoms with Gasteiger partial charge in [0.2, 0.25) is 0 Å². The summed E-state index contributed by atoms with van der Waals surface area (Å²) in [6.45, 7) is 5.14. The summed E-state index contributed by atoms with van der Waals surface area (Å²) in [7, 11) is 4.03. The molecule has 0 aliphatic rings. The summed E-state index contributed by atoms with van der Waals surface area (Å²) >= 11 is 0. The Morgan fingerprint density at radius 3 is 2.42 bits per heavy atom. The van der Waals surface area contributed by atoms with Gasteiger partial charge in [-0.1, -0.05) is 19.1 Å². The van der Waals surface area contributed by atoms with E-state index >= 15 is 0 Å². The van der Waals surface area contributed by atoms with Crippen LogP contribution in [0.1, 0.15) is 20.3 Å².